The van der Waals surface area contributed by atoms with Gasteiger partial charge in [-0.2, -0.15) is 0 Å². The molecule has 4 rings (SSSR count). The van der Waals surface area contributed by atoms with Crippen LogP contribution in [0, 0.1) is 0 Å². The molecule has 1 atom stereocenters. The summed E-state index contributed by atoms with van der Waals surface area (Å²) in [7, 11) is 0. The second kappa shape index (κ2) is 7.68. The van der Waals surface area contributed by atoms with E-state index in [-0.39, 0.29) is 6.04 Å². The quantitative estimate of drug-likeness (QED) is 0.486. The van der Waals surface area contributed by atoms with Crippen molar-refractivity contribution in [3.8, 4) is 11.5 Å². The van der Waals surface area contributed by atoms with Crippen molar-refractivity contribution in [2.24, 2.45) is 0 Å². The lowest BCUT2D eigenvalue weighted by Crippen LogP contribution is -2.21. The lowest BCUT2D eigenvalue weighted by molar-refractivity contribution is 0.416. The predicted molar refractivity (Wildman–Crippen MR) is 101 cm³/mol. The van der Waals surface area contributed by atoms with Gasteiger partial charge in [0.2, 0.25) is 11.8 Å². The van der Waals surface area contributed by atoms with Crippen LogP contribution in [0.2, 0.25) is 0 Å². The van der Waals surface area contributed by atoms with Gasteiger partial charge >= 0.3 is 0 Å². The zero-order valence-electron chi connectivity index (χ0n) is 13.8. The highest BCUT2D eigenvalue weighted by atomic mass is 79.9. The third kappa shape index (κ3) is 3.61. The summed E-state index contributed by atoms with van der Waals surface area (Å²) in [6, 6.07) is 21.6. The van der Waals surface area contributed by atoms with Crippen molar-refractivity contribution >= 4 is 15.9 Å². The highest BCUT2D eigenvalue weighted by Gasteiger charge is 2.18. The maximum absolute atomic E-state index is 5.81. The van der Waals surface area contributed by atoms with E-state index in [9.17, 15) is 0 Å². The number of hydrogen-bond donors (Lipinski definition) is 1. The molecule has 0 saturated carbocycles. The molecular formula is C20H16BrN3O2. The van der Waals surface area contributed by atoms with Crippen molar-refractivity contribution in [2.45, 2.75) is 12.6 Å². The molecule has 0 aliphatic heterocycles. The molecule has 2 aromatic heterocycles. The van der Waals surface area contributed by atoms with Crippen molar-refractivity contribution in [1.29, 1.82) is 0 Å². The summed E-state index contributed by atoms with van der Waals surface area (Å²) in [4.78, 5) is 0. The first-order valence-corrected chi connectivity index (χ1v) is 8.99. The molecule has 2 heterocycles. The van der Waals surface area contributed by atoms with Crippen LogP contribution in [0.1, 0.15) is 23.3 Å². The maximum atomic E-state index is 5.81. The smallest absolute Gasteiger partial charge is 0.248 e. The molecule has 4 aromatic rings. The van der Waals surface area contributed by atoms with Gasteiger partial charge in [-0.1, -0.05) is 42.5 Å². The number of rotatable bonds is 6. The standard InChI is InChI=1S/C20H16BrN3O2/c21-16-10-5-4-9-15(16)20-24-23-18(26-20)13-22-19(17-11-6-12-25-17)14-7-2-1-3-8-14/h1-12,19,22H,13H2/t19-/m0/s1. The molecule has 130 valence electrons. The Bertz CT molecular complexity index is 968. The van der Waals surface area contributed by atoms with Gasteiger partial charge in [0.25, 0.3) is 0 Å². The molecule has 0 aliphatic rings. The second-order valence-corrected chi connectivity index (χ2v) is 6.58. The van der Waals surface area contributed by atoms with E-state index in [4.69, 9.17) is 8.83 Å². The van der Waals surface area contributed by atoms with Gasteiger partial charge in [-0.05, 0) is 45.8 Å². The summed E-state index contributed by atoms with van der Waals surface area (Å²) >= 11 is 3.51. The van der Waals surface area contributed by atoms with Crippen LogP contribution in [0.15, 0.2) is 86.3 Å². The molecule has 0 spiro atoms. The molecule has 0 bridgehead atoms. The van der Waals surface area contributed by atoms with Crippen LogP contribution in [-0.2, 0) is 6.54 Å². The number of nitrogens with zero attached hydrogens (tertiary/aromatic N) is 2. The fraction of sp³-hybridized carbons (Fsp3) is 0.100. The van der Waals surface area contributed by atoms with Crippen LogP contribution in [0.25, 0.3) is 11.5 Å². The summed E-state index contributed by atoms with van der Waals surface area (Å²) in [6.07, 6.45) is 1.67. The Hall–Kier alpha value is -2.70. The fourth-order valence-corrected chi connectivity index (χ4v) is 3.20. The first-order chi connectivity index (χ1) is 12.8. The number of halogens is 1. The Kier molecular flexibility index (Phi) is 4.95. The third-order valence-electron chi connectivity index (χ3n) is 3.99. The molecule has 26 heavy (non-hydrogen) atoms. The summed E-state index contributed by atoms with van der Waals surface area (Å²) < 4.78 is 12.3. The Balaban J connectivity index is 1.53. The topological polar surface area (TPSA) is 64.1 Å². The van der Waals surface area contributed by atoms with Gasteiger partial charge in [0.1, 0.15) is 5.76 Å². The lowest BCUT2D eigenvalue weighted by Gasteiger charge is -2.15. The maximum Gasteiger partial charge on any atom is 0.248 e. The molecule has 0 radical (unpaired) electrons. The van der Waals surface area contributed by atoms with E-state index >= 15 is 0 Å². The molecule has 0 fully saturated rings. The Morgan fingerprint density at radius 1 is 0.923 bits per heavy atom. The molecule has 0 unspecified atom stereocenters. The normalized spacial score (nSPS) is 12.2. The highest BCUT2D eigenvalue weighted by Crippen LogP contribution is 2.27. The first-order valence-electron chi connectivity index (χ1n) is 8.20. The van der Waals surface area contributed by atoms with Crippen molar-refractivity contribution in [1.82, 2.24) is 15.5 Å². The van der Waals surface area contributed by atoms with Crippen molar-refractivity contribution in [2.75, 3.05) is 0 Å². The fourth-order valence-electron chi connectivity index (χ4n) is 2.74. The van der Waals surface area contributed by atoms with Gasteiger partial charge in [-0.15, -0.1) is 10.2 Å². The summed E-state index contributed by atoms with van der Waals surface area (Å²) in [5.74, 6) is 1.84. The molecule has 6 heteroatoms. The summed E-state index contributed by atoms with van der Waals surface area (Å²) in [6.45, 7) is 0.428. The molecule has 0 amide bonds. The minimum absolute atomic E-state index is 0.0926. The van der Waals surface area contributed by atoms with Gasteiger partial charge in [0.15, 0.2) is 0 Å². The number of benzene rings is 2. The van der Waals surface area contributed by atoms with E-state index in [0.717, 1.165) is 21.4 Å². The Morgan fingerprint density at radius 2 is 1.73 bits per heavy atom. The summed E-state index contributed by atoms with van der Waals surface area (Å²) in [5.41, 5.74) is 1.98. The highest BCUT2D eigenvalue weighted by molar-refractivity contribution is 9.10. The number of furan rings is 1. The first kappa shape index (κ1) is 16.8. The number of hydrogen-bond acceptors (Lipinski definition) is 5. The van der Waals surface area contributed by atoms with Crippen LogP contribution >= 0.6 is 15.9 Å². The minimum atomic E-state index is -0.0926. The van der Waals surface area contributed by atoms with Crippen molar-refractivity contribution in [3.63, 3.8) is 0 Å². The largest absolute Gasteiger partial charge is 0.467 e. The molecule has 2 aromatic carbocycles. The Morgan fingerprint density at radius 3 is 2.50 bits per heavy atom. The predicted octanol–water partition coefficient (Wildman–Crippen LogP) is 4.97. The van der Waals surface area contributed by atoms with E-state index in [2.05, 4.69) is 43.6 Å². The van der Waals surface area contributed by atoms with Gasteiger partial charge in [-0.25, -0.2) is 0 Å². The zero-order valence-corrected chi connectivity index (χ0v) is 15.4. The van der Waals surface area contributed by atoms with Crippen LogP contribution < -0.4 is 5.32 Å². The van der Waals surface area contributed by atoms with Gasteiger partial charge in [0.05, 0.1) is 24.4 Å². The van der Waals surface area contributed by atoms with Crippen LogP contribution in [0.5, 0.6) is 0 Å². The SMILES string of the molecule is Brc1ccccc1-c1nnc(CN[C@@H](c2ccccc2)c2ccco2)o1. The molecule has 0 saturated heterocycles. The Labute approximate surface area is 159 Å². The van der Waals surface area contributed by atoms with Crippen molar-refractivity contribution < 1.29 is 8.83 Å². The molecule has 5 nitrogen and oxygen atoms in total. The average Bonchev–Trinajstić information content (AvgIpc) is 3.36. The third-order valence-corrected chi connectivity index (χ3v) is 4.68. The van der Waals surface area contributed by atoms with E-state index in [0.29, 0.717) is 18.3 Å². The van der Waals surface area contributed by atoms with E-state index in [1.807, 2.05) is 54.6 Å². The lowest BCUT2D eigenvalue weighted by atomic mass is 10.0. The number of aromatic nitrogens is 2. The number of nitrogens with one attached hydrogen (secondary N) is 1. The van der Waals surface area contributed by atoms with E-state index < -0.39 is 0 Å². The van der Waals surface area contributed by atoms with Gasteiger partial charge in [0, 0.05) is 4.47 Å². The van der Waals surface area contributed by atoms with Gasteiger partial charge < -0.3 is 8.83 Å². The monoisotopic (exact) mass is 409 g/mol. The van der Waals surface area contributed by atoms with Gasteiger partial charge in [-0.3, -0.25) is 5.32 Å². The van der Waals surface area contributed by atoms with Crippen LogP contribution in [-0.4, -0.2) is 10.2 Å². The van der Waals surface area contributed by atoms with Crippen molar-refractivity contribution in [3.05, 3.63) is 94.7 Å². The van der Waals surface area contributed by atoms with Crippen LogP contribution in [0.3, 0.4) is 0 Å². The minimum Gasteiger partial charge on any atom is -0.467 e. The zero-order chi connectivity index (χ0) is 17.8. The van der Waals surface area contributed by atoms with Crippen LogP contribution in [0.4, 0.5) is 0 Å². The average molecular weight is 410 g/mol. The van der Waals surface area contributed by atoms with E-state index in [1.165, 1.54) is 0 Å². The van der Waals surface area contributed by atoms with E-state index in [1.54, 1.807) is 6.26 Å². The second-order valence-electron chi connectivity index (χ2n) is 5.72. The molecule has 1 N–H and O–H groups in total. The molecule has 0 aliphatic carbocycles. The molecular weight excluding hydrogens is 394 g/mol. The summed E-state index contributed by atoms with van der Waals surface area (Å²) in [5, 5.41) is 11.7.